The van der Waals surface area contributed by atoms with Gasteiger partial charge < -0.3 is 10.1 Å². The van der Waals surface area contributed by atoms with Gasteiger partial charge >= 0.3 is 0 Å². The highest BCUT2D eigenvalue weighted by Gasteiger charge is 2.23. The van der Waals surface area contributed by atoms with Crippen molar-refractivity contribution in [1.82, 2.24) is 30.1 Å². The number of methoxy groups -OCH3 is 1. The molecule has 1 unspecified atom stereocenters. The van der Waals surface area contributed by atoms with Crippen molar-refractivity contribution in [3.8, 4) is 28.3 Å². The quantitative estimate of drug-likeness (QED) is 0.438. The summed E-state index contributed by atoms with van der Waals surface area (Å²) in [5.41, 5.74) is 6.71. The lowest BCUT2D eigenvalue weighted by Crippen LogP contribution is -2.28. The molecule has 0 radical (unpaired) electrons. The molecule has 33 heavy (non-hydrogen) atoms. The summed E-state index contributed by atoms with van der Waals surface area (Å²) in [6.45, 7) is 8.35. The van der Waals surface area contributed by atoms with Crippen molar-refractivity contribution in [2.24, 2.45) is 5.92 Å². The van der Waals surface area contributed by atoms with E-state index >= 15 is 0 Å². The molecular formula is C25H30N6O2. The monoisotopic (exact) mass is 446 g/mol. The van der Waals surface area contributed by atoms with Crippen LogP contribution in [-0.4, -0.2) is 44.9 Å². The van der Waals surface area contributed by atoms with Crippen LogP contribution in [0.15, 0.2) is 42.9 Å². The van der Waals surface area contributed by atoms with Gasteiger partial charge in [-0.15, -0.1) is 0 Å². The lowest BCUT2D eigenvalue weighted by Gasteiger charge is -2.19. The minimum absolute atomic E-state index is 0.0478. The molecule has 1 amide bonds. The highest BCUT2D eigenvalue weighted by atomic mass is 16.5. The van der Waals surface area contributed by atoms with Crippen LogP contribution in [0.1, 0.15) is 50.7 Å². The van der Waals surface area contributed by atoms with Crippen molar-refractivity contribution < 1.29 is 9.53 Å². The third-order valence-corrected chi connectivity index (χ3v) is 6.35. The highest BCUT2D eigenvalue weighted by molar-refractivity contribution is 5.79. The van der Waals surface area contributed by atoms with Crippen molar-refractivity contribution in [3.05, 3.63) is 54.0 Å². The van der Waals surface area contributed by atoms with Crippen LogP contribution in [0.2, 0.25) is 0 Å². The van der Waals surface area contributed by atoms with Gasteiger partial charge in [0.2, 0.25) is 5.91 Å². The summed E-state index contributed by atoms with van der Waals surface area (Å²) in [5.74, 6) is 0.938. The highest BCUT2D eigenvalue weighted by Crippen LogP contribution is 2.37. The average molecular weight is 447 g/mol. The fraction of sp³-hybridized carbons (Fsp3) is 0.360. The molecule has 0 spiro atoms. The van der Waals surface area contributed by atoms with Crippen molar-refractivity contribution in [3.63, 3.8) is 0 Å². The second-order valence-electron chi connectivity index (χ2n) is 8.65. The Kier molecular flexibility index (Phi) is 6.18. The molecule has 8 heteroatoms. The van der Waals surface area contributed by atoms with Crippen LogP contribution in [0.4, 0.5) is 0 Å². The molecule has 1 aromatic carbocycles. The fourth-order valence-corrected chi connectivity index (χ4v) is 4.23. The summed E-state index contributed by atoms with van der Waals surface area (Å²) in [4.78, 5) is 16.3. The van der Waals surface area contributed by atoms with Crippen LogP contribution >= 0.6 is 0 Å². The topological polar surface area (TPSA) is 97.2 Å². The minimum Gasteiger partial charge on any atom is -0.493 e. The SMILES string of the molecule is CNC(=O)C(C)[C@H](C)c1ccc(-c2[nH]nc(-c3cc(OC)c4ncnn4c3)c2C(C)C)cc1. The first-order valence-corrected chi connectivity index (χ1v) is 11.1. The fourth-order valence-electron chi connectivity index (χ4n) is 4.23. The zero-order valence-corrected chi connectivity index (χ0v) is 19.9. The molecule has 2 N–H and O–H groups in total. The van der Waals surface area contributed by atoms with Crippen molar-refractivity contribution in [2.45, 2.75) is 39.5 Å². The van der Waals surface area contributed by atoms with Gasteiger partial charge in [-0.05, 0) is 29.0 Å². The molecule has 172 valence electrons. The number of amides is 1. The van der Waals surface area contributed by atoms with E-state index in [2.05, 4.69) is 70.6 Å². The second kappa shape index (κ2) is 9.05. The number of ether oxygens (including phenoxy) is 1. The first-order valence-electron chi connectivity index (χ1n) is 11.1. The zero-order chi connectivity index (χ0) is 23.7. The molecule has 8 nitrogen and oxygen atoms in total. The number of pyridine rings is 1. The number of hydrogen-bond donors (Lipinski definition) is 2. The van der Waals surface area contributed by atoms with Gasteiger partial charge in [0, 0.05) is 30.3 Å². The maximum atomic E-state index is 12.0. The Bertz CT molecular complexity index is 1270. The number of fused-ring (bicyclic) bond motifs is 1. The Morgan fingerprint density at radius 1 is 1.12 bits per heavy atom. The molecule has 0 aliphatic heterocycles. The molecule has 3 aromatic heterocycles. The van der Waals surface area contributed by atoms with Crippen LogP contribution < -0.4 is 10.1 Å². The Labute approximate surface area is 193 Å². The maximum absolute atomic E-state index is 12.0. The zero-order valence-electron chi connectivity index (χ0n) is 19.9. The predicted octanol–water partition coefficient (Wildman–Crippen LogP) is 4.40. The van der Waals surface area contributed by atoms with Crippen LogP contribution in [0.5, 0.6) is 5.75 Å². The third-order valence-electron chi connectivity index (χ3n) is 6.35. The molecule has 0 fully saturated rings. The van der Waals surface area contributed by atoms with E-state index in [1.54, 1.807) is 18.7 Å². The number of hydrogen-bond acceptors (Lipinski definition) is 5. The average Bonchev–Trinajstić information content (AvgIpc) is 3.49. The van der Waals surface area contributed by atoms with Gasteiger partial charge in [-0.3, -0.25) is 9.89 Å². The number of H-pyrrole nitrogens is 1. The van der Waals surface area contributed by atoms with Crippen molar-refractivity contribution >= 4 is 11.6 Å². The van der Waals surface area contributed by atoms with E-state index in [0.717, 1.165) is 33.6 Å². The van der Waals surface area contributed by atoms with Crippen LogP contribution in [0.25, 0.3) is 28.2 Å². The number of rotatable bonds is 7. The summed E-state index contributed by atoms with van der Waals surface area (Å²) in [7, 11) is 3.30. The summed E-state index contributed by atoms with van der Waals surface area (Å²) in [6.07, 6.45) is 3.43. The van der Waals surface area contributed by atoms with E-state index in [1.165, 1.54) is 6.33 Å². The Morgan fingerprint density at radius 3 is 2.48 bits per heavy atom. The second-order valence-corrected chi connectivity index (χ2v) is 8.65. The van der Waals surface area contributed by atoms with Crippen LogP contribution in [0.3, 0.4) is 0 Å². The molecule has 0 aliphatic rings. The number of carbonyl (C=O) groups is 1. The van der Waals surface area contributed by atoms with Crippen LogP contribution in [-0.2, 0) is 4.79 Å². The molecule has 0 aliphatic carbocycles. The molecular weight excluding hydrogens is 416 g/mol. The van der Waals surface area contributed by atoms with Crippen molar-refractivity contribution in [2.75, 3.05) is 14.2 Å². The summed E-state index contributed by atoms with van der Waals surface area (Å²) >= 11 is 0. The number of carbonyl (C=O) groups excluding carboxylic acids is 1. The summed E-state index contributed by atoms with van der Waals surface area (Å²) < 4.78 is 7.23. The molecule has 0 bridgehead atoms. The van der Waals surface area contributed by atoms with Gasteiger partial charge in [0.05, 0.1) is 18.5 Å². The number of aromatic nitrogens is 5. The van der Waals surface area contributed by atoms with E-state index in [9.17, 15) is 4.79 Å². The van der Waals surface area contributed by atoms with E-state index in [4.69, 9.17) is 4.74 Å². The van der Waals surface area contributed by atoms with Gasteiger partial charge in [0.15, 0.2) is 11.4 Å². The Balaban J connectivity index is 1.73. The number of aromatic amines is 1. The predicted molar refractivity (Wildman–Crippen MR) is 128 cm³/mol. The summed E-state index contributed by atoms with van der Waals surface area (Å²) in [5, 5.41) is 14.9. The first-order chi connectivity index (χ1) is 15.8. The largest absolute Gasteiger partial charge is 0.493 e. The lowest BCUT2D eigenvalue weighted by atomic mass is 9.87. The maximum Gasteiger partial charge on any atom is 0.223 e. The van der Waals surface area contributed by atoms with Gasteiger partial charge in [0.1, 0.15) is 6.33 Å². The molecule has 0 saturated heterocycles. The number of benzene rings is 1. The minimum atomic E-state index is -0.104. The number of nitrogens with one attached hydrogen (secondary N) is 2. The standard InChI is InChI=1S/C25H30N6O2/c1-14(2)21-22(18-9-7-17(8-10-18)15(3)16(4)25(32)26-5)29-30-23(21)19-11-20(33-6)24-27-13-28-31(24)12-19/h7-16H,1-6H3,(H,26,32)(H,29,30)/t15-,16?/m0/s1. The first kappa shape index (κ1) is 22.5. The van der Waals surface area contributed by atoms with Gasteiger partial charge in [-0.25, -0.2) is 9.50 Å². The lowest BCUT2D eigenvalue weighted by molar-refractivity contribution is -0.124. The molecule has 4 rings (SSSR count). The number of nitrogens with zero attached hydrogens (tertiary/aromatic N) is 4. The smallest absolute Gasteiger partial charge is 0.223 e. The van der Waals surface area contributed by atoms with Gasteiger partial charge in [-0.2, -0.15) is 10.2 Å². The van der Waals surface area contributed by atoms with E-state index in [0.29, 0.717) is 11.4 Å². The molecule has 0 saturated carbocycles. The Hall–Kier alpha value is -3.68. The van der Waals surface area contributed by atoms with Crippen molar-refractivity contribution in [1.29, 1.82) is 0 Å². The van der Waals surface area contributed by atoms with E-state index in [1.807, 2.05) is 19.2 Å². The van der Waals surface area contributed by atoms with Gasteiger partial charge in [0.25, 0.3) is 0 Å². The van der Waals surface area contributed by atoms with E-state index in [-0.39, 0.29) is 23.7 Å². The Morgan fingerprint density at radius 2 is 1.85 bits per heavy atom. The van der Waals surface area contributed by atoms with Gasteiger partial charge in [-0.1, -0.05) is 52.0 Å². The normalized spacial score (nSPS) is 13.3. The third kappa shape index (κ3) is 4.08. The molecule has 3 heterocycles. The van der Waals surface area contributed by atoms with Crippen LogP contribution in [0, 0.1) is 5.92 Å². The molecule has 4 aromatic rings. The van der Waals surface area contributed by atoms with E-state index < -0.39 is 0 Å². The summed E-state index contributed by atoms with van der Waals surface area (Å²) in [6, 6.07) is 10.3. The molecule has 2 atom stereocenters.